The SMILES string of the molecule is CCCC[n+]1ccc(-c2cc[n+](Cc3ccccc3)cc2)cc1.[Cl-].[Cl-]. The predicted molar refractivity (Wildman–Crippen MR) is 92.7 cm³/mol. The quantitative estimate of drug-likeness (QED) is 0.432. The number of unbranched alkanes of at least 4 members (excludes halogenated alkanes) is 1. The number of hydrogen-bond acceptors (Lipinski definition) is 0. The summed E-state index contributed by atoms with van der Waals surface area (Å²) in [6, 6.07) is 19.3. The largest absolute Gasteiger partial charge is 1.00 e. The maximum Gasteiger partial charge on any atom is 0.173 e. The first kappa shape index (κ1) is 21.1. The Morgan fingerprint density at radius 3 is 1.72 bits per heavy atom. The van der Waals surface area contributed by atoms with E-state index in [4.69, 9.17) is 0 Å². The van der Waals surface area contributed by atoms with Crippen LogP contribution in [0.1, 0.15) is 25.3 Å². The van der Waals surface area contributed by atoms with Gasteiger partial charge in [-0.15, -0.1) is 0 Å². The van der Waals surface area contributed by atoms with Gasteiger partial charge in [-0.2, -0.15) is 0 Å². The van der Waals surface area contributed by atoms with Crippen LogP contribution < -0.4 is 33.9 Å². The van der Waals surface area contributed by atoms with Gasteiger partial charge in [0.1, 0.15) is 6.54 Å². The molecule has 0 atom stereocenters. The van der Waals surface area contributed by atoms with E-state index in [0.717, 1.165) is 13.1 Å². The van der Waals surface area contributed by atoms with E-state index in [1.54, 1.807) is 0 Å². The molecule has 0 spiro atoms. The van der Waals surface area contributed by atoms with Gasteiger partial charge >= 0.3 is 0 Å². The highest BCUT2D eigenvalue weighted by atomic mass is 35.5. The summed E-state index contributed by atoms with van der Waals surface area (Å²) >= 11 is 0. The topological polar surface area (TPSA) is 7.76 Å². The van der Waals surface area contributed by atoms with Crippen molar-refractivity contribution in [3.63, 3.8) is 0 Å². The number of hydrogen-bond donors (Lipinski definition) is 0. The van der Waals surface area contributed by atoms with Gasteiger partial charge in [0, 0.05) is 36.2 Å². The first-order valence-corrected chi connectivity index (χ1v) is 8.37. The molecule has 0 aliphatic rings. The Hall–Kier alpha value is -1.90. The molecule has 0 fully saturated rings. The van der Waals surface area contributed by atoms with E-state index in [1.807, 2.05) is 0 Å². The monoisotopic (exact) mass is 374 g/mol. The minimum absolute atomic E-state index is 0. The molecule has 0 bridgehead atoms. The fourth-order valence-electron chi connectivity index (χ4n) is 2.69. The molecule has 0 aliphatic carbocycles. The first-order chi connectivity index (χ1) is 11.3. The summed E-state index contributed by atoms with van der Waals surface area (Å²) in [6.45, 7) is 4.24. The molecular weight excluding hydrogens is 351 g/mol. The van der Waals surface area contributed by atoms with E-state index in [-0.39, 0.29) is 24.8 Å². The van der Waals surface area contributed by atoms with Crippen molar-refractivity contribution in [2.75, 3.05) is 0 Å². The second kappa shape index (κ2) is 10.9. The fourth-order valence-corrected chi connectivity index (χ4v) is 2.69. The fraction of sp³-hybridized carbons (Fsp3) is 0.238. The summed E-state index contributed by atoms with van der Waals surface area (Å²) in [5.74, 6) is 0. The molecule has 3 aromatic rings. The highest BCUT2D eigenvalue weighted by Crippen LogP contribution is 2.15. The van der Waals surface area contributed by atoms with Gasteiger partial charge in [0.05, 0.1) is 0 Å². The van der Waals surface area contributed by atoms with Gasteiger partial charge in [-0.1, -0.05) is 43.7 Å². The van der Waals surface area contributed by atoms with Crippen molar-refractivity contribution in [2.24, 2.45) is 0 Å². The van der Waals surface area contributed by atoms with E-state index in [2.05, 4.69) is 95.4 Å². The van der Waals surface area contributed by atoms with E-state index >= 15 is 0 Å². The molecule has 4 heteroatoms. The van der Waals surface area contributed by atoms with E-state index in [9.17, 15) is 0 Å². The van der Waals surface area contributed by atoms with Gasteiger partial charge in [-0.25, -0.2) is 9.13 Å². The van der Waals surface area contributed by atoms with Gasteiger partial charge in [-0.05, 0) is 11.1 Å². The molecule has 0 radical (unpaired) electrons. The van der Waals surface area contributed by atoms with Crippen molar-refractivity contribution in [3.05, 3.63) is 84.9 Å². The number of rotatable bonds is 6. The van der Waals surface area contributed by atoms with Gasteiger partial charge in [0.2, 0.25) is 0 Å². The lowest BCUT2D eigenvalue weighted by molar-refractivity contribution is -0.697. The molecule has 0 saturated carbocycles. The molecule has 0 unspecified atom stereocenters. The lowest BCUT2D eigenvalue weighted by atomic mass is 10.1. The van der Waals surface area contributed by atoms with Crippen LogP contribution in [0.25, 0.3) is 11.1 Å². The van der Waals surface area contributed by atoms with Crippen LogP contribution in [0.3, 0.4) is 0 Å². The Morgan fingerprint density at radius 2 is 1.20 bits per heavy atom. The van der Waals surface area contributed by atoms with Crippen molar-refractivity contribution in [2.45, 2.75) is 32.9 Å². The Bertz CT molecular complexity index is 726. The molecule has 0 saturated heterocycles. The van der Waals surface area contributed by atoms with E-state index in [1.165, 1.54) is 29.5 Å². The van der Waals surface area contributed by atoms with Crippen LogP contribution in [0.2, 0.25) is 0 Å². The zero-order chi connectivity index (χ0) is 15.9. The third kappa shape index (κ3) is 6.15. The highest BCUT2D eigenvalue weighted by Gasteiger charge is 2.06. The van der Waals surface area contributed by atoms with E-state index < -0.39 is 0 Å². The summed E-state index contributed by atoms with van der Waals surface area (Å²) < 4.78 is 4.47. The molecule has 0 amide bonds. The van der Waals surface area contributed by atoms with Crippen molar-refractivity contribution >= 4 is 0 Å². The van der Waals surface area contributed by atoms with Crippen molar-refractivity contribution in [1.82, 2.24) is 0 Å². The number of nitrogens with zero attached hydrogens (tertiary/aromatic N) is 2. The summed E-state index contributed by atoms with van der Waals surface area (Å²) in [5, 5.41) is 0. The molecule has 0 aliphatic heterocycles. The number of aryl methyl sites for hydroxylation is 1. The Morgan fingerprint density at radius 1 is 0.680 bits per heavy atom. The summed E-state index contributed by atoms with van der Waals surface area (Å²) in [7, 11) is 0. The van der Waals surface area contributed by atoms with Crippen LogP contribution in [-0.4, -0.2) is 0 Å². The zero-order valence-electron chi connectivity index (χ0n) is 14.5. The average Bonchev–Trinajstić information content (AvgIpc) is 2.62. The summed E-state index contributed by atoms with van der Waals surface area (Å²) in [6.07, 6.45) is 11.1. The molecule has 2 heterocycles. The van der Waals surface area contributed by atoms with Gasteiger partial charge in [-0.3, -0.25) is 0 Å². The molecule has 0 N–H and O–H groups in total. The third-order valence-electron chi connectivity index (χ3n) is 4.09. The molecule has 1 aromatic carbocycles. The van der Waals surface area contributed by atoms with E-state index in [0.29, 0.717) is 0 Å². The molecule has 25 heavy (non-hydrogen) atoms. The third-order valence-corrected chi connectivity index (χ3v) is 4.09. The van der Waals surface area contributed by atoms with Crippen LogP contribution in [0, 0.1) is 0 Å². The number of pyridine rings is 2. The number of aromatic nitrogens is 2. The van der Waals surface area contributed by atoms with Crippen LogP contribution >= 0.6 is 0 Å². The summed E-state index contributed by atoms with van der Waals surface area (Å²) in [5.41, 5.74) is 3.85. The van der Waals surface area contributed by atoms with Gasteiger partial charge in [0.15, 0.2) is 31.3 Å². The molecule has 132 valence electrons. The minimum atomic E-state index is 0. The maximum absolute atomic E-state index is 2.26. The van der Waals surface area contributed by atoms with Crippen LogP contribution in [0.15, 0.2) is 79.4 Å². The van der Waals surface area contributed by atoms with Crippen molar-refractivity contribution < 1.29 is 33.9 Å². The predicted octanol–water partition coefficient (Wildman–Crippen LogP) is -2.21. The van der Waals surface area contributed by atoms with Crippen molar-refractivity contribution in [3.8, 4) is 11.1 Å². The van der Waals surface area contributed by atoms with Crippen LogP contribution in [-0.2, 0) is 13.1 Å². The summed E-state index contributed by atoms with van der Waals surface area (Å²) in [4.78, 5) is 0. The first-order valence-electron chi connectivity index (χ1n) is 8.37. The zero-order valence-corrected chi connectivity index (χ0v) is 16.0. The maximum atomic E-state index is 2.26. The Balaban J connectivity index is 0.00000156. The standard InChI is InChI=1S/C21H24N2.2ClH/c1-2-3-13-22-14-9-20(10-15-22)21-11-16-23(17-12-21)18-19-7-5-4-6-8-19;;/h4-12,14-17H,2-3,13,18H2,1H3;2*1H/q+2;;/p-2. The second-order valence-corrected chi connectivity index (χ2v) is 5.92. The van der Waals surface area contributed by atoms with Gasteiger partial charge in [0.25, 0.3) is 0 Å². The van der Waals surface area contributed by atoms with Gasteiger partial charge < -0.3 is 24.8 Å². The molecular formula is C21H24Cl2N2. The second-order valence-electron chi connectivity index (χ2n) is 5.92. The highest BCUT2D eigenvalue weighted by molar-refractivity contribution is 5.60. The average molecular weight is 375 g/mol. The lowest BCUT2D eigenvalue weighted by Crippen LogP contribution is -3.00. The number of benzene rings is 1. The molecule has 2 nitrogen and oxygen atoms in total. The normalized spacial score (nSPS) is 9.80. The van der Waals surface area contributed by atoms with Crippen LogP contribution in [0.5, 0.6) is 0 Å². The minimum Gasteiger partial charge on any atom is -1.00 e. The molecule has 2 aromatic heterocycles. The smallest absolute Gasteiger partial charge is 0.173 e. The Kier molecular flexibility index (Phi) is 9.18. The Labute approximate surface area is 163 Å². The van der Waals surface area contributed by atoms with Crippen LogP contribution in [0.4, 0.5) is 0 Å². The van der Waals surface area contributed by atoms with Crippen molar-refractivity contribution in [1.29, 1.82) is 0 Å². The lowest BCUT2D eigenvalue weighted by Gasteiger charge is -2.02. The number of halogens is 2. The molecule has 3 rings (SSSR count).